The van der Waals surface area contributed by atoms with Gasteiger partial charge in [-0.15, -0.1) is 0 Å². The molecule has 1 amide bonds. The van der Waals surface area contributed by atoms with Crippen molar-refractivity contribution in [1.29, 1.82) is 0 Å². The number of hydrogen-bond donors (Lipinski definition) is 1. The maximum atomic E-state index is 13.2. The first kappa shape index (κ1) is 23.3. The van der Waals surface area contributed by atoms with Gasteiger partial charge in [-0.2, -0.15) is 0 Å². The fourth-order valence-corrected chi connectivity index (χ4v) is 5.25. The number of benzene rings is 2. The van der Waals surface area contributed by atoms with Crippen molar-refractivity contribution in [2.24, 2.45) is 0 Å². The van der Waals surface area contributed by atoms with E-state index in [0.717, 1.165) is 11.1 Å². The van der Waals surface area contributed by atoms with E-state index in [2.05, 4.69) is 5.32 Å². The van der Waals surface area contributed by atoms with Gasteiger partial charge in [0.05, 0.1) is 12.0 Å². The Labute approximate surface area is 187 Å². The van der Waals surface area contributed by atoms with Crippen LogP contribution in [-0.2, 0) is 21.2 Å². The number of aryl methyl sites for hydroxylation is 4. The van der Waals surface area contributed by atoms with Crippen molar-refractivity contribution >= 4 is 21.4 Å². The predicted octanol–water partition coefficient (Wildman–Crippen LogP) is 3.56. The third-order valence-electron chi connectivity index (χ3n) is 5.09. The molecule has 0 aliphatic rings. The summed E-state index contributed by atoms with van der Waals surface area (Å²) < 4.78 is 32.7. The third-order valence-corrected chi connectivity index (χ3v) is 7.02. The first-order chi connectivity index (χ1) is 15.0. The van der Waals surface area contributed by atoms with Crippen LogP contribution in [0.2, 0.25) is 0 Å². The zero-order valence-electron chi connectivity index (χ0n) is 18.7. The van der Waals surface area contributed by atoms with E-state index in [-0.39, 0.29) is 16.3 Å². The molecule has 0 unspecified atom stereocenters. The molecule has 0 saturated heterocycles. The molecule has 1 heterocycles. The number of pyridine rings is 1. The molecule has 3 aromatic rings. The van der Waals surface area contributed by atoms with Gasteiger partial charge < -0.3 is 14.6 Å². The second kappa shape index (κ2) is 9.00. The van der Waals surface area contributed by atoms with Crippen molar-refractivity contribution < 1.29 is 17.9 Å². The van der Waals surface area contributed by atoms with Crippen molar-refractivity contribution in [3.05, 3.63) is 81.3 Å². The van der Waals surface area contributed by atoms with Crippen LogP contribution in [0.1, 0.15) is 22.4 Å². The number of nitrogens with zero attached hydrogens (tertiary/aromatic N) is 1. The molecule has 1 aromatic heterocycles. The van der Waals surface area contributed by atoms with E-state index in [1.807, 2.05) is 32.0 Å². The van der Waals surface area contributed by atoms with Crippen LogP contribution in [0.15, 0.2) is 63.1 Å². The number of amides is 1. The molecule has 2 aromatic carbocycles. The summed E-state index contributed by atoms with van der Waals surface area (Å²) in [4.78, 5) is 25.5. The molecule has 0 spiro atoms. The van der Waals surface area contributed by atoms with Gasteiger partial charge in [0.15, 0.2) is 0 Å². The quantitative estimate of drug-likeness (QED) is 0.615. The normalized spacial score (nSPS) is 11.3. The molecule has 0 radical (unpaired) electrons. The molecule has 7 nitrogen and oxygen atoms in total. The monoisotopic (exact) mass is 454 g/mol. The molecule has 32 heavy (non-hydrogen) atoms. The Morgan fingerprint density at radius 3 is 2.12 bits per heavy atom. The van der Waals surface area contributed by atoms with Gasteiger partial charge in [0, 0.05) is 11.4 Å². The molecular formula is C24H26N2O5S. The van der Waals surface area contributed by atoms with Gasteiger partial charge in [0.25, 0.3) is 5.56 Å². The summed E-state index contributed by atoms with van der Waals surface area (Å²) in [7, 11) is -2.61. The maximum absolute atomic E-state index is 13.2. The van der Waals surface area contributed by atoms with Crippen molar-refractivity contribution in [2.75, 3.05) is 12.4 Å². The molecule has 168 valence electrons. The smallest absolute Gasteiger partial charge is 0.270 e. The first-order valence-corrected chi connectivity index (χ1v) is 11.5. The number of hydrogen-bond acceptors (Lipinski definition) is 5. The lowest BCUT2D eigenvalue weighted by molar-refractivity contribution is -0.116. The average molecular weight is 455 g/mol. The Kier molecular flexibility index (Phi) is 6.55. The van der Waals surface area contributed by atoms with Crippen LogP contribution in [0.25, 0.3) is 0 Å². The summed E-state index contributed by atoms with van der Waals surface area (Å²) >= 11 is 0. The largest absolute Gasteiger partial charge is 0.497 e. The van der Waals surface area contributed by atoms with Crippen molar-refractivity contribution in [1.82, 2.24) is 4.57 Å². The minimum absolute atomic E-state index is 0.0198. The lowest BCUT2D eigenvalue weighted by atomic mass is 10.1. The summed E-state index contributed by atoms with van der Waals surface area (Å²) in [5, 5.41) is 2.78. The van der Waals surface area contributed by atoms with Crippen molar-refractivity contribution in [3.8, 4) is 5.75 Å². The third kappa shape index (κ3) is 4.75. The minimum atomic E-state index is -4.09. The number of carbonyl (C=O) groups is 1. The molecule has 0 bridgehead atoms. The average Bonchev–Trinajstić information content (AvgIpc) is 2.70. The lowest BCUT2D eigenvalue weighted by Gasteiger charge is -2.15. The summed E-state index contributed by atoms with van der Waals surface area (Å²) in [6, 6.07) is 13.1. The number of aromatic nitrogens is 1. The zero-order valence-corrected chi connectivity index (χ0v) is 19.5. The van der Waals surface area contributed by atoms with E-state index < -0.39 is 21.3 Å². The van der Waals surface area contributed by atoms with E-state index in [9.17, 15) is 18.0 Å². The molecule has 0 aliphatic heterocycles. The van der Waals surface area contributed by atoms with E-state index in [1.54, 1.807) is 19.9 Å². The molecule has 1 N–H and O–H groups in total. The summed E-state index contributed by atoms with van der Waals surface area (Å²) in [6.45, 7) is 6.79. The molecule has 3 rings (SSSR count). The van der Waals surface area contributed by atoms with Crippen molar-refractivity contribution in [3.63, 3.8) is 0 Å². The first-order valence-electron chi connectivity index (χ1n) is 10.0. The van der Waals surface area contributed by atoms with E-state index in [4.69, 9.17) is 4.74 Å². The highest BCUT2D eigenvalue weighted by molar-refractivity contribution is 7.91. The highest BCUT2D eigenvalue weighted by Crippen LogP contribution is 2.24. The topological polar surface area (TPSA) is 94.5 Å². The van der Waals surface area contributed by atoms with Gasteiger partial charge in [0.2, 0.25) is 15.7 Å². The van der Waals surface area contributed by atoms with E-state index in [1.165, 1.54) is 35.9 Å². The highest BCUT2D eigenvalue weighted by atomic mass is 32.2. The Hall–Kier alpha value is -3.39. The van der Waals surface area contributed by atoms with Crippen LogP contribution in [0, 0.1) is 27.7 Å². The number of sulfone groups is 1. The zero-order chi connectivity index (χ0) is 23.6. The second-order valence-electron chi connectivity index (χ2n) is 7.79. The van der Waals surface area contributed by atoms with Gasteiger partial charge in [-0.3, -0.25) is 9.59 Å². The van der Waals surface area contributed by atoms with Crippen molar-refractivity contribution in [2.45, 2.75) is 44.0 Å². The number of methoxy groups -OCH3 is 1. The van der Waals surface area contributed by atoms with Crippen LogP contribution in [0.5, 0.6) is 5.75 Å². The number of ether oxygens (including phenoxy) is 1. The fourth-order valence-electron chi connectivity index (χ4n) is 3.70. The molecule has 8 heteroatoms. The lowest BCUT2D eigenvalue weighted by Crippen LogP contribution is -2.33. The number of carbonyl (C=O) groups excluding carboxylic acids is 1. The summed E-state index contributed by atoms with van der Waals surface area (Å²) in [5.41, 5.74) is 2.71. The van der Waals surface area contributed by atoms with E-state index in [0.29, 0.717) is 22.7 Å². The van der Waals surface area contributed by atoms with Gasteiger partial charge in [-0.1, -0.05) is 6.07 Å². The number of rotatable bonds is 6. The predicted molar refractivity (Wildman–Crippen MR) is 123 cm³/mol. The Morgan fingerprint density at radius 2 is 1.56 bits per heavy atom. The molecule has 0 fully saturated rings. The van der Waals surface area contributed by atoms with Crippen LogP contribution in [0.3, 0.4) is 0 Å². The number of anilines is 1. The second-order valence-corrected chi connectivity index (χ2v) is 9.68. The molecule has 0 aliphatic carbocycles. The highest BCUT2D eigenvalue weighted by Gasteiger charge is 2.26. The Balaban J connectivity index is 1.99. The molecule has 0 atom stereocenters. The van der Waals surface area contributed by atoms with Crippen LogP contribution < -0.4 is 15.6 Å². The van der Waals surface area contributed by atoms with Crippen LogP contribution >= 0.6 is 0 Å². The summed E-state index contributed by atoms with van der Waals surface area (Å²) in [6.07, 6.45) is 0. The maximum Gasteiger partial charge on any atom is 0.270 e. The SMILES string of the molecule is COc1ccc(S(=O)(=O)c2c(C)cc(C)n(CC(=O)Nc3cc(C)cc(C)c3)c2=O)cc1. The Morgan fingerprint density at radius 1 is 0.969 bits per heavy atom. The van der Waals surface area contributed by atoms with Gasteiger partial charge >= 0.3 is 0 Å². The summed E-state index contributed by atoms with van der Waals surface area (Å²) in [5.74, 6) is 0.0851. The van der Waals surface area contributed by atoms with E-state index >= 15 is 0 Å². The van der Waals surface area contributed by atoms with Gasteiger partial charge in [0.1, 0.15) is 17.2 Å². The van der Waals surface area contributed by atoms with Crippen LogP contribution in [-0.4, -0.2) is 26.0 Å². The molecule has 0 saturated carbocycles. The Bertz CT molecular complexity index is 1320. The molecular weight excluding hydrogens is 428 g/mol. The van der Waals surface area contributed by atoms with Gasteiger partial charge in [-0.05, 0) is 86.8 Å². The fraction of sp³-hybridized carbons (Fsp3) is 0.250. The minimum Gasteiger partial charge on any atom is -0.497 e. The standard InChI is InChI=1S/C24H26N2O5S/c1-15-10-16(2)12-19(11-15)25-22(27)14-26-18(4)13-17(3)23(24(26)28)32(29,30)21-8-6-20(31-5)7-9-21/h6-13H,14H2,1-5H3,(H,25,27). The van der Waals surface area contributed by atoms with Gasteiger partial charge in [-0.25, -0.2) is 8.42 Å². The van der Waals surface area contributed by atoms with Crippen LogP contribution in [0.4, 0.5) is 5.69 Å². The number of nitrogens with one attached hydrogen (secondary N) is 1.